The van der Waals surface area contributed by atoms with Crippen LogP contribution >= 0.6 is 0 Å². The fraction of sp³-hybridized carbons (Fsp3) is 0.478. The van der Waals surface area contributed by atoms with Crippen LogP contribution in [0.25, 0.3) is 0 Å². The van der Waals surface area contributed by atoms with Crippen molar-refractivity contribution in [2.45, 2.75) is 143 Å². The molecule has 4 heteroatoms. The maximum Gasteiger partial charge on any atom is 0.122 e. The lowest BCUT2D eigenvalue weighted by Gasteiger charge is -2.26. The molecule has 4 nitrogen and oxygen atoms in total. The van der Waals surface area contributed by atoms with Crippen molar-refractivity contribution in [2.24, 2.45) is 0 Å². The normalized spacial score (nSPS) is 14.6. The Kier molecular flexibility index (Phi) is 9.71. The minimum absolute atomic E-state index is 0.156. The Morgan fingerprint density at radius 3 is 0.620 bits per heavy atom. The van der Waals surface area contributed by atoms with Gasteiger partial charge in [-0.3, -0.25) is 0 Å². The van der Waals surface area contributed by atoms with Gasteiger partial charge in [0.25, 0.3) is 0 Å². The Hall–Kier alpha value is -3.92. The molecule has 1 aliphatic carbocycles. The van der Waals surface area contributed by atoms with Crippen molar-refractivity contribution in [1.29, 1.82) is 0 Å². The van der Waals surface area contributed by atoms with Gasteiger partial charge in [0.2, 0.25) is 0 Å². The Bertz CT molecular complexity index is 1640. The maximum atomic E-state index is 11.8. The molecule has 8 bridgehead atoms. The van der Waals surface area contributed by atoms with Crippen molar-refractivity contribution < 1.29 is 20.4 Å². The van der Waals surface area contributed by atoms with E-state index in [-0.39, 0.29) is 44.7 Å². The Morgan fingerprint density at radius 1 is 0.300 bits per heavy atom. The topological polar surface area (TPSA) is 80.9 Å². The van der Waals surface area contributed by atoms with Crippen LogP contribution in [0.15, 0.2) is 48.5 Å². The molecular weight excluding hydrogens is 617 g/mol. The minimum Gasteiger partial charge on any atom is -0.507 e. The number of phenols is 4. The fourth-order valence-electron chi connectivity index (χ4n) is 7.02. The second-order valence-corrected chi connectivity index (χ2v) is 18.9. The van der Waals surface area contributed by atoms with Crippen LogP contribution in [0, 0.1) is 0 Å². The quantitative estimate of drug-likeness (QED) is 0.149. The van der Waals surface area contributed by atoms with Gasteiger partial charge in [-0.15, -0.1) is 0 Å². The maximum absolute atomic E-state index is 11.8. The highest BCUT2D eigenvalue weighted by atomic mass is 16.3. The van der Waals surface area contributed by atoms with E-state index < -0.39 is 0 Å². The van der Waals surface area contributed by atoms with Crippen LogP contribution in [0.2, 0.25) is 0 Å². The third-order valence-corrected chi connectivity index (χ3v) is 10.6. The SMILES string of the molecule is CC(C)(C)c1cc2c(O)c(c1)Cc1cc(C(C)(C)C)cc(c1O)CCc1cc(C(C)(C)C)cc(c1O)Cc1cc(C(C)(C)C)cc(c1O)CC2. The second kappa shape index (κ2) is 13.0. The molecule has 0 heterocycles. The molecule has 5 rings (SSSR count). The standard InChI is InChI=1S/C46H60O4/c1-43(2,3)35-19-27-13-14-28-20-37(45(7,8)9)25-33(41(28)49)18-34-26-38(46(10,11)12)22-30(42(34)50)16-15-29-21-36(44(4,5)6)24-32(40(29)48)17-31(23-35)39(27)47/h19-26,47-50H,13-18H2,1-12H3. The zero-order chi connectivity index (χ0) is 37.1. The summed E-state index contributed by atoms with van der Waals surface area (Å²) < 4.78 is 0. The molecule has 0 aromatic heterocycles. The molecule has 0 saturated carbocycles. The van der Waals surface area contributed by atoms with Crippen LogP contribution < -0.4 is 0 Å². The zero-order valence-electron chi connectivity index (χ0n) is 32.7. The van der Waals surface area contributed by atoms with E-state index in [2.05, 4.69) is 132 Å². The van der Waals surface area contributed by atoms with Crippen molar-refractivity contribution in [2.75, 3.05) is 0 Å². The van der Waals surface area contributed by atoms with Gasteiger partial charge < -0.3 is 20.4 Å². The van der Waals surface area contributed by atoms with Gasteiger partial charge in [0.15, 0.2) is 0 Å². The van der Waals surface area contributed by atoms with Crippen molar-refractivity contribution in [3.8, 4) is 23.0 Å². The Labute approximate surface area is 301 Å². The van der Waals surface area contributed by atoms with E-state index in [9.17, 15) is 20.4 Å². The van der Waals surface area contributed by atoms with Crippen LogP contribution in [0.5, 0.6) is 23.0 Å². The number of phenolic OH excluding ortho intramolecular Hbond substituents is 4. The number of fused-ring (bicyclic) bond motifs is 8. The number of hydrogen-bond acceptors (Lipinski definition) is 4. The number of hydrogen-bond donors (Lipinski definition) is 4. The smallest absolute Gasteiger partial charge is 0.122 e. The highest BCUT2D eigenvalue weighted by Gasteiger charge is 2.26. The van der Waals surface area contributed by atoms with Gasteiger partial charge in [-0.2, -0.15) is 0 Å². The molecule has 50 heavy (non-hydrogen) atoms. The number of benzene rings is 4. The summed E-state index contributed by atoms with van der Waals surface area (Å²) in [7, 11) is 0. The van der Waals surface area contributed by atoms with E-state index in [1.165, 1.54) is 0 Å². The third kappa shape index (κ3) is 7.85. The molecule has 4 aromatic carbocycles. The number of rotatable bonds is 0. The minimum atomic E-state index is -0.156. The lowest BCUT2D eigenvalue weighted by molar-refractivity contribution is 0.447. The van der Waals surface area contributed by atoms with Crippen LogP contribution in [0.3, 0.4) is 0 Å². The fourth-order valence-corrected chi connectivity index (χ4v) is 7.02. The Morgan fingerprint density at radius 2 is 0.460 bits per heavy atom. The zero-order valence-corrected chi connectivity index (χ0v) is 32.7. The first-order valence-corrected chi connectivity index (χ1v) is 18.3. The van der Waals surface area contributed by atoms with E-state index >= 15 is 0 Å². The molecule has 4 aromatic rings. The average Bonchev–Trinajstić information content (AvgIpc) is 2.98. The molecule has 0 radical (unpaired) electrons. The summed E-state index contributed by atoms with van der Waals surface area (Å²) in [5.41, 5.74) is 10.4. The van der Waals surface area contributed by atoms with Crippen LogP contribution in [-0.4, -0.2) is 20.4 Å². The lowest BCUT2D eigenvalue weighted by atomic mass is 9.80. The summed E-state index contributed by atoms with van der Waals surface area (Å²) in [4.78, 5) is 0. The first kappa shape index (κ1) is 37.3. The number of aryl methyl sites for hydroxylation is 4. The van der Waals surface area contributed by atoms with Gasteiger partial charge in [-0.05, 0) is 114 Å². The third-order valence-electron chi connectivity index (χ3n) is 10.6. The second-order valence-electron chi connectivity index (χ2n) is 18.9. The molecule has 0 amide bonds. The number of aromatic hydroxyl groups is 4. The van der Waals surface area contributed by atoms with E-state index in [4.69, 9.17) is 0 Å². The van der Waals surface area contributed by atoms with Crippen LogP contribution in [0.4, 0.5) is 0 Å². The summed E-state index contributed by atoms with van der Waals surface area (Å²) in [6.07, 6.45) is 2.93. The van der Waals surface area contributed by atoms with Gasteiger partial charge >= 0.3 is 0 Å². The van der Waals surface area contributed by atoms with Crippen LogP contribution in [0.1, 0.15) is 150 Å². The van der Waals surface area contributed by atoms with Crippen molar-refractivity contribution in [3.05, 3.63) is 115 Å². The molecule has 0 atom stereocenters. The molecule has 0 unspecified atom stereocenters. The Balaban J connectivity index is 1.80. The largest absolute Gasteiger partial charge is 0.507 e. The first-order chi connectivity index (χ1) is 22.9. The van der Waals surface area contributed by atoms with Gasteiger partial charge in [-0.1, -0.05) is 132 Å². The van der Waals surface area contributed by atoms with E-state index in [1.54, 1.807) is 0 Å². The van der Waals surface area contributed by atoms with Crippen LogP contribution in [-0.2, 0) is 60.2 Å². The predicted molar refractivity (Wildman–Crippen MR) is 208 cm³/mol. The molecule has 4 N–H and O–H groups in total. The predicted octanol–water partition coefficient (Wildman–Crippen LogP) is 10.8. The van der Waals surface area contributed by atoms with E-state index in [0.29, 0.717) is 38.5 Å². The summed E-state index contributed by atoms with van der Waals surface area (Å²) >= 11 is 0. The molecule has 0 saturated heterocycles. The van der Waals surface area contributed by atoms with Gasteiger partial charge in [0.05, 0.1) is 0 Å². The van der Waals surface area contributed by atoms with Gasteiger partial charge in [0.1, 0.15) is 23.0 Å². The summed E-state index contributed by atoms with van der Waals surface area (Å²) in [5, 5.41) is 47.4. The summed E-state index contributed by atoms with van der Waals surface area (Å²) in [6, 6.07) is 16.8. The molecule has 0 spiro atoms. The molecule has 268 valence electrons. The summed E-state index contributed by atoms with van der Waals surface area (Å²) in [6.45, 7) is 26.2. The highest BCUT2D eigenvalue weighted by Crippen LogP contribution is 2.41. The monoisotopic (exact) mass is 676 g/mol. The molecule has 0 fully saturated rings. The molecular formula is C46H60O4. The van der Waals surface area contributed by atoms with E-state index in [0.717, 1.165) is 66.8 Å². The van der Waals surface area contributed by atoms with Gasteiger partial charge in [0, 0.05) is 12.8 Å². The molecule has 0 aliphatic heterocycles. The average molecular weight is 677 g/mol. The lowest BCUT2D eigenvalue weighted by Crippen LogP contribution is -2.15. The van der Waals surface area contributed by atoms with Crippen molar-refractivity contribution in [1.82, 2.24) is 0 Å². The van der Waals surface area contributed by atoms with Crippen molar-refractivity contribution >= 4 is 0 Å². The van der Waals surface area contributed by atoms with E-state index in [1.807, 2.05) is 0 Å². The van der Waals surface area contributed by atoms with Gasteiger partial charge in [-0.25, -0.2) is 0 Å². The molecule has 1 aliphatic rings. The first-order valence-electron chi connectivity index (χ1n) is 18.3. The summed E-state index contributed by atoms with van der Waals surface area (Å²) in [5.74, 6) is 1.01. The van der Waals surface area contributed by atoms with Crippen molar-refractivity contribution in [3.63, 3.8) is 0 Å². The highest BCUT2D eigenvalue weighted by molar-refractivity contribution is 5.56.